The highest BCUT2D eigenvalue weighted by Crippen LogP contribution is 2.30. The highest BCUT2D eigenvalue weighted by molar-refractivity contribution is 5.95. The maximum atomic E-state index is 12.7. The van der Waals surface area contributed by atoms with Gasteiger partial charge in [-0.15, -0.1) is 0 Å². The highest BCUT2D eigenvalue weighted by atomic mass is 16.6. The molecular formula is C25H17NO8. The van der Waals surface area contributed by atoms with Crippen LogP contribution >= 0.6 is 0 Å². The molecule has 4 aromatic rings. The van der Waals surface area contributed by atoms with Crippen molar-refractivity contribution < 1.29 is 33.0 Å². The number of carbonyl (C=O) groups is 3. The summed E-state index contributed by atoms with van der Waals surface area (Å²) >= 11 is 0. The first-order chi connectivity index (χ1) is 16.3. The number of hydrogen-bond donors (Lipinski definition) is 0. The lowest BCUT2D eigenvalue weighted by Gasteiger charge is -2.10. The third kappa shape index (κ3) is 4.83. The predicted molar refractivity (Wildman–Crippen MR) is 120 cm³/mol. The molecule has 0 aliphatic carbocycles. The van der Waals surface area contributed by atoms with Crippen LogP contribution in [0.2, 0.25) is 0 Å². The maximum Gasteiger partial charge on any atom is 0.347 e. The van der Waals surface area contributed by atoms with Crippen LogP contribution in [0.4, 0.5) is 0 Å². The average molecular weight is 459 g/mol. The third-order valence-corrected chi connectivity index (χ3v) is 4.54. The quantitative estimate of drug-likeness (QED) is 0.323. The molecule has 0 atom stereocenters. The summed E-state index contributed by atoms with van der Waals surface area (Å²) in [5, 5.41) is 0.161. The standard InChI is InChI=1S/C25H17NO8/c1-14(27)31-21-9-5-3-7-18(21)23-26-20-13-16(11-12-17(20)24(29)34-23)33-25(30)19-8-4-6-10-22(19)32-15(2)28/h3-13H,1-2H3. The monoisotopic (exact) mass is 459 g/mol. The molecule has 0 aliphatic rings. The smallest absolute Gasteiger partial charge is 0.347 e. The summed E-state index contributed by atoms with van der Waals surface area (Å²) in [7, 11) is 0. The lowest BCUT2D eigenvalue weighted by atomic mass is 10.2. The van der Waals surface area contributed by atoms with Crippen molar-refractivity contribution in [3.63, 3.8) is 0 Å². The topological polar surface area (TPSA) is 122 Å². The second-order valence-electron chi connectivity index (χ2n) is 7.05. The molecule has 0 aliphatic heterocycles. The fourth-order valence-electron chi connectivity index (χ4n) is 3.16. The number of para-hydroxylation sites is 2. The van der Waals surface area contributed by atoms with E-state index in [0.29, 0.717) is 5.56 Å². The normalized spacial score (nSPS) is 10.5. The van der Waals surface area contributed by atoms with Gasteiger partial charge in [0.2, 0.25) is 5.89 Å². The third-order valence-electron chi connectivity index (χ3n) is 4.54. The first kappa shape index (κ1) is 22.4. The first-order valence-electron chi connectivity index (χ1n) is 10.0. The summed E-state index contributed by atoms with van der Waals surface area (Å²) in [5.41, 5.74) is -0.123. The number of rotatable bonds is 5. The number of fused-ring (bicyclic) bond motifs is 1. The van der Waals surface area contributed by atoms with Crippen LogP contribution in [0.15, 0.2) is 75.9 Å². The molecule has 0 saturated heterocycles. The van der Waals surface area contributed by atoms with E-state index < -0.39 is 23.5 Å². The van der Waals surface area contributed by atoms with E-state index in [1.165, 1.54) is 44.2 Å². The number of aromatic nitrogens is 1. The van der Waals surface area contributed by atoms with Crippen LogP contribution in [-0.4, -0.2) is 22.9 Å². The molecule has 0 amide bonds. The number of carbonyl (C=O) groups excluding carboxylic acids is 3. The lowest BCUT2D eigenvalue weighted by Crippen LogP contribution is -2.12. The molecule has 34 heavy (non-hydrogen) atoms. The molecule has 4 rings (SSSR count). The second kappa shape index (κ2) is 9.37. The lowest BCUT2D eigenvalue weighted by molar-refractivity contribution is -0.132. The molecule has 0 radical (unpaired) electrons. The van der Waals surface area contributed by atoms with Crippen LogP contribution in [0.5, 0.6) is 17.2 Å². The van der Waals surface area contributed by atoms with Crippen molar-refractivity contribution in [1.82, 2.24) is 4.98 Å². The Hall–Kier alpha value is -4.79. The van der Waals surface area contributed by atoms with Gasteiger partial charge in [0.15, 0.2) is 0 Å². The van der Waals surface area contributed by atoms with Crippen molar-refractivity contribution in [1.29, 1.82) is 0 Å². The number of hydrogen-bond acceptors (Lipinski definition) is 9. The van der Waals surface area contributed by atoms with Gasteiger partial charge in [0, 0.05) is 19.9 Å². The van der Waals surface area contributed by atoms with Crippen LogP contribution in [-0.2, 0) is 9.59 Å². The summed E-state index contributed by atoms with van der Waals surface area (Å²) in [6.07, 6.45) is 0. The molecule has 0 N–H and O–H groups in total. The van der Waals surface area contributed by atoms with E-state index in [1.54, 1.807) is 36.4 Å². The molecule has 0 bridgehead atoms. The van der Waals surface area contributed by atoms with Gasteiger partial charge >= 0.3 is 23.5 Å². The molecule has 9 nitrogen and oxygen atoms in total. The number of esters is 3. The zero-order chi connectivity index (χ0) is 24.2. The van der Waals surface area contributed by atoms with Gasteiger partial charge in [0.05, 0.1) is 16.5 Å². The maximum absolute atomic E-state index is 12.7. The van der Waals surface area contributed by atoms with Crippen molar-refractivity contribution in [2.24, 2.45) is 0 Å². The van der Waals surface area contributed by atoms with E-state index in [0.717, 1.165) is 0 Å². The van der Waals surface area contributed by atoms with Gasteiger partial charge in [-0.1, -0.05) is 24.3 Å². The van der Waals surface area contributed by atoms with Crippen molar-refractivity contribution in [3.8, 4) is 28.7 Å². The Morgan fingerprint density at radius 1 is 0.794 bits per heavy atom. The molecule has 9 heteroatoms. The molecule has 0 unspecified atom stereocenters. The summed E-state index contributed by atoms with van der Waals surface area (Å²) in [6.45, 7) is 2.47. The Labute approximate surface area is 192 Å². The van der Waals surface area contributed by atoms with Crippen LogP contribution < -0.4 is 19.8 Å². The molecule has 1 aromatic heterocycles. The fraction of sp³-hybridized carbons (Fsp3) is 0.0800. The summed E-state index contributed by atoms with van der Waals surface area (Å²) in [4.78, 5) is 52.3. The van der Waals surface area contributed by atoms with E-state index in [4.69, 9.17) is 18.6 Å². The van der Waals surface area contributed by atoms with Gasteiger partial charge in [-0.05, 0) is 36.4 Å². The van der Waals surface area contributed by atoms with Crippen molar-refractivity contribution in [2.75, 3.05) is 0 Å². The van der Waals surface area contributed by atoms with Crippen LogP contribution in [0.1, 0.15) is 24.2 Å². The minimum absolute atomic E-state index is 0.0503. The molecular weight excluding hydrogens is 442 g/mol. The Morgan fingerprint density at radius 3 is 2.18 bits per heavy atom. The van der Waals surface area contributed by atoms with Gasteiger partial charge < -0.3 is 18.6 Å². The fourth-order valence-corrected chi connectivity index (χ4v) is 3.16. The minimum atomic E-state index is -0.764. The number of ether oxygens (including phenoxy) is 3. The number of benzene rings is 3. The van der Waals surface area contributed by atoms with Crippen molar-refractivity contribution in [3.05, 3.63) is 82.7 Å². The van der Waals surface area contributed by atoms with Crippen LogP contribution in [0.25, 0.3) is 22.4 Å². The van der Waals surface area contributed by atoms with Gasteiger partial charge in [0.25, 0.3) is 0 Å². The average Bonchev–Trinajstić information content (AvgIpc) is 2.78. The van der Waals surface area contributed by atoms with E-state index in [1.807, 2.05) is 0 Å². The van der Waals surface area contributed by atoms with Crippen molar-refractivity contribution in [2.45, 2.75) is 13.8 Å². The van der Waals surface area contributed by atoms with Gasteiger partial charge in [-0.3, -0.25) is 9.59 Å². The van der Waals surface area contributed by atoms with Gasteiger partial charge in [-0.25, -0.2) is 14.6 Å². The second-order valence-corrected chi connectivity index (χ2v) is 7.05. The van der Waals surface area contributed by atoms with Crippen LogP contribution in [0.3, 0.4) is 0 Å². The summed E-state index contributed by atoms with van der Waals surface area (Å²) < 4.78 is 21.0. The largest absolute Gasteiger partial charge is 0.426 e. The molecule has 1 heterocycles. The summed E-state index contributed by atoms with van der Waals surface area (Å²) in [6, 6.07) is 16.8. The van der Waals surface area contributed by atoms with E-state index in [2.05, 4.69) is 4.98 Å². The molecule has 0 spiro atoms. The van der Waals surface area contributed by atoms with E-state index in [9.17, 15) is 19.2 Å². The van der Waals surface area contributed by atoms with E-state index in [-0.39, 0.29) is 39.6 Å². The Balaban J connectivity index is 1.70. The van der Waals surface area contributed by atoms with Gasteiger partial charge in [0.1, 0.15) is 22.8 Å². The minimum Gasteiger partial charge on any atom is -0.426 e. The Kier molecular flexibility index (Phi) is 6.18. The SMILES string of the molecule is CC(=O)Oc1ccccc1C(=O)Oc1ccc2c(=O)oc(-c3ccccc3OC(C)=O)nc2c1. The predicted octanol–water partition coefficient (Wildman–Crippen LogP) is 3.92. The highest BCUT2D eigenvalue weighted by Gasteiger charge is 2.18. The molecule has 0 fully saturated rings. The molecule has 0 saturated carbocycles. The molecule has 170 valence electrons. The van der Waals surface area contributed by atoms with Crippen molar-refractivity contribution >= 4 is 28.8 Å². The van der Waals surface area contributed by atoms with Crippen LogP contribution in [0, 0.1) is 0 Å². The first-order valence-corrected chi connectivity index (χ1v) is 10.0. The zero-order valence-electron chi connectivity index (χ0n) is 18.1. The number of nitrogens with zero attached hydrogens (tertiary/aromatic N) is 1. The summed E-state index contributed by atoms with van der Waals surface area (Å²) in [5.74, 6) is -1.62. The Morgan fingerprint density at radius 2 is 1.44 bits per heavy atom. The Bertz CT molecular complexity index is 1490. The van der Waals surface area contributed by atoms with Gasteiger partial charge in [-0.2, -0.15) is 0 Å². The zero-order valence-corrected chi connectivity index (χ0v) is 18.1. The molecule has 3 aromatic carbocycles. The van der Waals surface area contributed by atoms with E-state index >= 15 is 0 Å².